The van der Waals surface area contributed by atoms with Gasteiger partial charge in [0.15, 0.2) is 5.78 Å². The van der Waals surface area contributed by atoms with E-state index in [-0.39, 0.29) is 12.2 Å². The van der Waals surface area contributed by atoms with Crippen LogP contribution in [0.15, 0.2) is 90.0 Å². The fourth-order valence-electron chi connectivity index (χ4n) is 2.93. The van der Waals surface area contributed by atoms with E-state index in [1.54, 1.807) is 18.6 Å². The topological polar surface area (TPSA) is 65.2 Å². The van der Waals surface area contributed by atoms with Crippen LogP contribution in [0, 0.1) is 0 Å². The fraction of sp³-hybridized carbons (Fsp3) is 0.0870. The third-order valence-corrected chi connectivity index (χ3v) is 4.38. The molecule has 0 saturated heterocycles. The van der Waals surface area contributed by atoms with E-state index in [0.29, 0.717) is 17.9 Å². The van der Waals surface area contributed by atoms with Gasteiger partial charge in [-0.05, 0) is 41.0 Å². The van der Waals surface area contributed by atoms with Crippen molar-refractivity contribution in [3.8, 4) is 16.9 Å². The maximum atomic E-state index is 13.0. The minimum atomic E-state index is -0.0535. The van der Waals surface area contributed by atoms with E-state index in [2.05, 4.69) is 10.1 Å². The minimum Gasteiger partial charge on any atom is -0.488 e. The van der Waals surface area contributed by atoms with Crippen molar-refractivity contribution >= 4 is 5.78 Å². The van der Waals surface area contributed by atoms with Crippen LogP contribution in [0.25, 0.3) is 11.1 Å². The van der Waals surface area contributed by atoms with Gasteiger partial charge in [-0.25, -0.2) is 0 Å². The van der Waals surface area contributed by atoms with E-state index in [1.165, 1.54) is 6.26 Å². The number of Topliss-reactive ketones (excluding diaryl/α,β-unsaturated/α-hetero) is 1. The highest BCUT2D eigenvalue weighted by Gasteiger charge is 2.16. The number of nitrogens with zero attached hydrogens (tertiary/aromatic N) is 2. The molecule has 5 heteroatoms. The molecule has 0 aliphatic carbocycles. The van der Waals surface area contributed by atoms with Gasteiger partial charge in [0.1, 0.15) is 18.6 Å². The van der Waals surface area contributed by atoms with Crippen LogP contribution in [0.2, 0.25) is 0 Å². The minimum absolute atomic E-state index is 0.0535. The van der Waals surface area contributed by atoms with Crippen molar-refractivity contribution in [3.05, 3.63) is 102 Å². The summed E-state index contributed by atoms with van der Waals surface area (Å²) in [5.41, 5.74) is 4.23. The molecule has 138 valence electrons. The molecular formula is C23H18N2O3. The lowest BCUT2D eigenvalue weighted by Crippen LogP contribution is -2.07. The van der Waals surface area contributed by atoms with Gasteiger partial charge in [-0.2, -0.15) is 0 Å². The van der Waals surface area contributed by atoms with Crippen LogP contribution < -0.4 is 4.74 Å². The Labute approximate surface area is 162 Å². The van der Waals surface area contributed by atoms with E-state index >= 15 is 0 Å². The molecule has 28 heavy (non-hydrogen) atoms. The Hall–Kier alpha value is -3.73. The lowest BCUT2D eigenvalue weighted by atomic mass is 9.98. The van der Waals surface area contributed by atoms with Gasteiger partial charge in [0.25, 0.3) is 0 Å². The SMILES string of the molecule is O=C(Cc1cnoc1)c1cc(-c2ccncc2)ccc1OCc1ccccc1. The Balaban J connectivity index is 1.64. The number of rotatable bonds is 7. The van der Waals surface area contributed by atoms with Crippen LogP contribution in [0.3, 0.4) is 0 Å². The molecule has 0 unspecified atom stereocenters. The third-order valence-electron chi connectivity index (χ3n) is 4.38. The maximum absolute atomic E-state index is 13.0. The molecule has 0 atom stereocenters. The second-order valence-electron chi connectivity index (χ2n) is 6.35. The van der Waals surface area contributed by atoms with Crippen molar-refractivity contribution in [1.29, 1.82) is 0 Å². The Morgan fingerprint density at radius 3 is 2.50 bits per heavy atom. The first kappa shape index (κ1) is 17.7. The fourth-order valence-corrected chi connectivity index (χ4v) is 2.93. The number of ketones is 1. The second-order valence-corrected chi connectivity index (χ2v) is 6.35. The van der Waals surface area contributed by atoms with Crippen molar-refractivity contribution in [2.24, 2.45) is 0 Å². The Kier molecular flexibility index (Phi) is 5.24. The molecule has 5 nitrogen and oxygen atoms in total. The zero-order valence-corrected chi connectivity index (χ0v) is 15.1. The standard InChI is InChI=1S/C23H18N2O3/c26-22(12-18-14-25-28-16-18)21-13-20(19-8-10-24-11-9-19)6-7-23(21)27-15-17-4-2-1-3-5-17/h1-11,13-14,16H,12,15H2. The molecule has 4 aromatic rings. The number of hydrogen-bond donors (Lipinski definition) is 0. The molecule has 4 rings (SSSR count). The molecule has 0 radical (unpaired) electrons. The zero-order valence-electron chi connectivity index (χ0n) is 15.1. The van der Waals surface area contributed by atoms with E-state index in [4.69, 9.17) is 9.26 Å². The summed E-state index contributed by atoms with van der Waals surface area (Å²) in [6.07, 6.45) is 6.69. The Bertz CT molecular complexity index is 1050. The molecule has 0 amide bonds. The first-order valence-electron chi connectivity index (χ1n) is 8.92. The molecule has 2 aromatic carbocycles. The van der Waals surface area contributed by atoms with Crippen LogP contribution in [0.4, 0.5) is 0 Å². The zero-order chi connectivity index (χ0) is 19.2. The molecule has 0 saturated carbocycles. The predicted molar refractivity (Wildman–Crippen MR) is 105 cm³/mol. The summed E-state index contributed by atoms with van der Waals surface area (Å²) in [6, 6.07) is 19.3. The van der Waals surface area contributed by atoms with Gasteiger partial charge in [-0.15, -0.1) is 0 Å². The van der Waals surface area contributed by atoms with Gasteiger partial charge in [-0.1, -0.05) is 41.6 Å². The van der Waals surface area contributed by atoms with Gasteiger partial charge in [0, 0.05) is 24.4 Å². The number of benzene rings is 2. The van der Waals surface area contributed by atoms with Gasteiger partial charge in [-0.3, -0.25) is 9.78 Å². The van der Waals surface area contributed by atoms with Crippen molar-refractivity contribution in [1.82, 2.24) is 10.1 Å². The summed E-state index contributed by atoms with van der Waals surface area (Å²) in [5.74, 6) is 0.505. The summed E-state index contributed by atoms with van der Waals surface area (Å²) in [5, 5.41) is 3.67. The first-order chi connectivity index (χ1) is 13.8. The number of carbonyl (C=O) groups excluding carboxylic acids is 1. The Morgan fingerprint density at radius 1 is 0.929 bits per heavy atom. The van der Waals surface area contributed by atoms with Crippen LogP contribution >= 0.6 is 0 Å². The summed E-state index contributed by atoms with van der Waals surface area (Å²) < 4.78 is 10.8. The van der Waals surface area contributed by atoms with Crippen molar-refractivity contribution in [2.75, 3.05) is 0 Å². The van der Waals surface area contributed by atoms with Crippen molar-refractivity contribution in [2.45, 2.75) is 13.0 Å². The normalized spacial score (nSPS) is 10.6. The first-order valence-corrected chi connectivity index (χ1v) is 8.92. The molecule has 0 N–H and O–H groups in total. The lowest BCUT2D eigenvalue weighted by molar-refractivity contribution is 0.0988. The number of ether oxygens (including phenoxy) is 1. The molecule has 2 aromatic heterocycles. The number of aromatic nitrogens is 2. The average Bonchev–Trinajstić information content (AvgIpc) is 3.26. The predicted octanol–water partition coefficient (Wildman–Crippen LogP) is 4.74. The van der Waals surface area contributed by atoms with Gasteiger partial charge in [0.05, 0.1) is 11.8 Å². The van der Waals surface area contributed by atoms with Gasteiger partial charge in [0.2, 0.25) is 0 Å². The summed E-state index contributed by atoms with van der Waals surface area (Å²) in [6.45, 7) is 0.392. The molecule has 0 spiro atoms. The molecule has 0 bridgehead atoms. The Morgan fingerprint density at radius 2 is 1.75 bits per heavy atom. The van der Waals surface area contributed by atoms with Gasteiger partial charge < -0.3 is 9.26 Å². The van der Waals surface area contributed by atoms with E-state index in [1.807, 2.05) is 60.7 Å². The quantitative estimate of drug-likeness (QED) is 0.440. The van der Waals surface area contributed by atoms with Crippen LogP contribution in [-0.2, 0) is 13.0 Å². The highest BCUT2D eigenvalue weighted by molar-refractivity contribution is 6.01. The summed E-state index contributed by atoms with van der Waals surface area (Å²) >= 11 is 0. The largest absolute Gasteiger partial charge is 0.488 e. The van der Waals surface area contributed by atoms with Crippen LogP contribution in [0.5, 0.6) is 5.75 Å². The van der Waals surface area contributed by atoms with E-state index < -0.39 is 0 Å². The molecule has 2 heterocycles. The summed E-state index contributed by atoms with van der Waals surface area (Å²) in [7, 11) is 0. The smallest absolute Gasteiger partial charge is 0.171 e. The maximum Gasteiger partial charge on any atom is 0.171 e. The molecular weight excluding hydrogens is 352 g/mol. The van der Waals surface area contributed by atoms with E-state index in [9.17, 15) is 4.79 Å². The molecule has 0 aliphatic heterocycles. The highest BCUT2D eigenvalue weighted by atomic mass is 16.5. The van der Waals surface area contributed by atoms with Crippen LogP contribution in [-0.4, -0.2) is 15.9 Å². The summed E-state index contributed by atoms with van der Waals surface area (Å²) in [4.78, 5) is 17.0. The second kappa shape index (κ2) is 8.31. The van der Waals surface area contributed by atoms with Gasteiger partial charge >= 0.3 is 0 Å². The molecule has 0 fully saturated rings. The third kappa shape index (κ3) is 4.15. The molecule has 0 aliphatic rings. The average molecular weight is 370 g/mol. The van der Waals surface area contributed by atoms with Crippen LogP contribution in [0.1, 0.15) is 21.5 Å². The number of hydrogen-bond acceptors (Lipinski definition) is 5. The monoisotopic (exact) mass is 370 g/mol. The lowest BCUT2D eigenvalue weighted by Gasteiger charge is -2.13. The van der Waals surface area contributed by atoms with Crippen molar-refractivity contribution < 1.29 is 14.1 Å². The highest BCUT2D eigenvalue weighted by Crippen LogP contribution is 2.28. The number of pyridine rings is 1. The van der Waals surface area contributed by atoms with E-state index in [0.717, 1.165) is 22.3 Å². The number of carbonyl (C=O) groups is 1. The van der Waals surface area contributed by atoms with Crippen molar-refractivity contribution in [3.63, 3.8) is 0 Å².